The standard InChI is InChI=1S/C36H39N5O2/c1-2-32(42)40-15-10-30-31(40)20-41(30)34-26-9-8-22(25-7-3-6-23-16-24-17-27(24)33(23)25)18-29(26)38-35(28(34)19-37)43-21-36-11-4-13-39(36)14-5-12-36/h2-3,6-9,18,24,26-27,29-31H,1,4-5,10-17,20-21H2/t24?,26?,27?,29?,30-,31-/m1/s1. The van der Waals surface area contributed by atoms with E-state index in [-0.39, 0.29) is 35.5 Å². The third-order valence-electron chi connectivity index (χ3n) is 12.0. The SMILES string of the molecule is C=CC(=O)N1CC[C@@H]2[C@H]1CN2C1=C(C#N)C(OCC23CCCN2CCC3)=NC2C=C(c3cccc4c3C3CC3C4)C=CC12. The number of carbonyl (C=O) groups is 1. The predicted octanol–water partition coefficient (Wildman–Crippen LogP) is 4.59. The number of hydrogen-bond acceptors (Lipinski definition) is 6. The molecule has 1 amide bonds. The number of hydrogen-bond donors (Lipinski definition) is 0. The number of dihydropyridines is 1. The molecule has 1 aromatic carbocycles. The van der Waals surface area contributed by atoms with Crippen molar-refractivity contribution in [3.63, 3.8) is 0 Å². The fourth-order valence-electron chi connectivity index (χ4n) is 9.78. The summed E-state index contributed by atoms with van der Waals surface area (Å²) in [5, 5.41) is 10.6. The monoisotopic (exact) mass is 573 g/mol. The van der Waals surface area contributed by atoms with E-state index in [1.165, 1.54) is 48.5 Å². The molecule has 9 rings (SSSR count). The van der Waals surface area contributed by atoms with Crippen LogP contribution in [0.5, 0.6) is 0 Å². The van der Waals surface area contributed by atoms with Crippen LogP contribution in [0, 0.1) is 23.2 Å². The highest BCUT2D eigenvalue weighted by atomic mass is 16.5. The Hall–Kier alpha value is -3.63. The number of rotatable bonds is 5. The average Bonchev–Trinajstić information content (AvgIpc) is 3.31. The molecule has 0 radical (unpaired) electrons. The van der Waals surface area contributed by atoms with E-state index in [0.717, 1.165) is 57.1 Å². The summed E-state index contributed by atoms with van der Waals surface area (Å²) in [7, 11) is 0. The summed E-state index contributed by atoms with van der Waals surface area (Å²) in [6, 6.07) is 9.61. The molecule has 0 spiro atoms. The zero-order valence-electron chi connectivity index (χ0n) is 24.8. The van der Waals surface area contributed by atoms with Gasteiger partial charge in [-0.1, -0.05) is 43.0 Å². The van der Waals surface area contributed by atoms with E-state index in [0.29, 0.717) is 24.0 Å². The first-order valence-corrected chi connectivity index (χ1v) is 16.4. The van der Waals surface area contributed by atoms with Crippen LogP contribution in [-0.4, -0.2) is 83.0 Å². The van der Waals surface area contributed by atoms with Crippen LogP contribution in [0.1, 0.15) is 61.1 Å². The number of aliphatic imine (C=N–C) groups is 1. The second-order valence-electron chi connectivity index (χ2n) is 14.0. The number of amides is 1. The Morgan fingerprint density at radius 2 is 2.07 bits per heavy atom. The maximum atomic E-state index is 12.5. The number of carbonyl (C=O) groups excluding carboxylic acids is 1. The minimum atomic E-state index is -0.124. The van der Waals surface area contributed by atoms with E-state index in [9.17, 15) is 10.1 Å². The van der Waals surface area contributed by atoms with Gasteiger partial charge in [-0.3, -0.25) is 9.69 Å². The van der Waals surface area contributed by atoms with Gasteiger partial charge in [0, 0.05) is 24.7 Å². The van der Waals surface area contributed by atoms with E-state index < -0.39 is 0 Å². The van der Waals surface area contributed by atoms with Crippen molar-refractivity contribution in [3.8, 4) is 6.07 Å². The maximum Gasteiger partial charge on any atom is 0.246 e. The van der Waals surface area contributed by atoms with Gasteiger partial charge in [0.1, 0.15) is 18.2 Å². The van der Waals surface area contributed by atoms with Crippen molar-refractivity contribution in [3.05, 3.63) is 77.0 Å². The minimum Gasteiger partial charge on any atom is -0.475 e. The van der Waals surface area contributed by atoms with Crippen LogP contribution < -0.4 is 0 Å². The molecule has 4 saturated heterocycles. The molecule has 3 aliphatic carbocycles. The lowest BCUT2D eigenvalue weighted by Crippen LogP contribution is -2.63. The van der Waals surface area contributed by atoms with Crippen LogP contribution in [0.2, 0.25) is 0 Å². The molecule has 8 aliphatic rings. The molecule has 43 heavy (non-hydrogen) atoms. The van der Waals surface area contributed by atoms with E-state index in [1.54, 1.807) is 5.56 Å². The molecule has 5 aliphatic heterocycles. The number of nitriles is 1. The number of benzene rings is 1. The summed E-state index contributed by atoms with van der Waals surface area (Å²) in [5.41, 5.74) is 7.36. The van der Waals surface area contributed by atoms with Crippen LogP contribution in [0.25, 0.3) is 5.57 Å². The fraction of sp³-hybridized carbons (Fsp3) is 0.528. The summed E-state index contributed by atoms with van der Waals surface area (Å²) in [6.07, 6.45) is 16.5. The first-order valence-electron chi connectivity index (χ1n) is 16.4. The molecule has 7 nitrogen and oxygen atoms in total. The Kier molecular flexibility index (Phi) is 5.67. The normalized spacial score (nSPS) is 34.3. The summed E-state index contributed by atoms with van der Waals surface area (Å²) in [5.74, 6) is 2.05. The lowest BCUT2D eigenvalue weighted by Gasteiger charge is -2.52. The average molecular weight is 574 g/mol. The van der Waals surface area contributed by atoms with Crippen molar-refractivity contribution in [1.82, 2.24) is 14.7 Å². The number of fused-ring (bicyclic) bond motifs is 6. The third kappa shape index (κ3) is 3.75. The minimum absolute atomic E-state index is 0.00381. The van der Waals surface area contributed by atoms with Crippen molar-refractivity contribution < 1.29 is 9.53 Å². The number of allylic oxidation sites excluding steroid dienone is 2. The van der Waals surface area contributed by atoms with Crippen LogP contribution in [0.4, 0.5) is 0 Å². The lowest BCUT2D eigenvalue weighted by atomic mass is 9.80. The maximum absolute atomic E-state index is 12.5. The van der Waals surface area contributed by atoms with Crippen molar-refractivity contribution in [1.29, 1.82) is 5.26 Å². The van der Waals surface area contributed by atoms with Crippen molar-refractivity contribution >= 4 is 17.4 Å². The predicted molar refractivity (Wildman–Crippen MR) is 165 cm³/mol. The number of nitrogens with zero attached hydrogens (tertiary/aromatic N) is 5. The Morgan fingerprint density at radius 1 is 1.21 bits per heavy atom. The molecule has 5 fully saturated rings. The van der Waals surface area contributed by atoms with Gasteiger partial charge in [-0.25, -0.2) is 4.99 Å². The van der Waals surface area contributed by atoms with Gasteiger partial charge in [0.2, 0.25) is 11.8 Å². The molecule has 1 aromatic rings. The van der Waals surface area contributed by atoms with E-state index in [1.807, 2.05) is 4.90 Å². The Morgan fingerprint density at radius 3 is 2.88 bits per heavy atom. The molecular weight excluding hydrogens is 534 g/mol. The summed E-state index contributed by atoms with van der Waals surface area (Å²) in [4.78, 5) is 24.7. The van der Waals surface area contributed by atoms with Gasteiger partial charge in [0.25, 0.3) is 0 Å². The molecule has 7 heteroatoms. The molecule has 0 aromatic heterocycles. The van der Waals surface area contributed by atoms with E-state index in [2.05, 4.69) is 58.9 Å². The lowest BCUT2D eigenvalue weighted by molar-refractivity contribution is -0.129. The third-order valence-corrected chi connectivity index (χ3v) is 12.0. The quantitative estimate of drug-likeness (QED) is 0.482. The van der Waals surface area contributed by atoms with Gasteiger partial charge >= 0.3 is 0 Å². The highest BCUT2D eigenvalue weighted by Gasteiger charge is 2.53. The molecular formula is C36H39N5O2. The summed E-state index contributed by atoms with van der Waals surface area (Å²) < 4.78 is 6.67. The highest BCUT2D eigenvalue weighted by Crippen LogP contribution is 2.58. The topological polar surface area (TPSA) is 72.2 Å². The fourth-order valence-corrected chi connectivity index (χ4v) is 9.78. The van der Waals surface area contributed by atoms with Gasteiger partial charge in [0.15, 0.2) is 0 Å². The zero-order valence-corrected chi connectivity index (χ0v) is 24.8. The number of likely N-dealkylation sites (tertiary alicyclic amines) is 2. The van der Waals surface area contributed by atoms with Crippen molar-refractivity contribution in [2.24, 2.45) is 16.8 Å². The van der Waals surface area contributed by atoms with Crippen LogP contribution in [0.15, 0.2) is 65.3 Å². The smallest absolute Gasteiger partial charge is 0.246 e. The Bertz CT molecular complexity index is 1580. The van der Waals surface area contributed by atoms with Gasteiger partial charge in [0.05, 0.1) is 23.7 Å². The molecule has 220 valence electrons. The summed E-state index contributed by atoms with van der Waals surface area (Å²) >= 11 is 0. The Labute approximate surface area is 253 Å². The largest absolute Gasteiger partial charge is 0.475 e. The second-order valence-corrected chi connectivity index (χ2v) is 14.0. The van der Waals surface area contributed by atoms with Gasteiger partial charge in [-0.05, 0) is 98.2 Å². The van der Waals surface area contributed by atoms with Crippen LogP contribution >= 0.6 is 0 Å². The van der Waals surface area contributed by atoms with Gasteiger partial charge in [-0.2, -0.15) is 5.26 Å². The molecule has 4 unspecified atom stereocenters. The second kappa shape index (κ2) is 9.43. The van der Waals surface area contributed by atoms with Crippen LogP contribution in [0.3, 0.4) is 0 Å². The first kappa shape index (κ1) is 25.8. The van der Waals surface area contributed by atoms with E-state index in [4.69, 9.17) is 9.73 Å². The van der Waals surface area contributed by atoms with Crippen LogP contribution in [-0.2, 0) is 16.0 Å². The highest BCUT2D eigenvalue weighted by molar-refractivity contribution is 6.00. The molecule has 1 saturated carbocycles. The van der Waals surface area contributed by atoms with Crippen molar-refractivity contribution in [2.75, 3.05) is 32.8 Å². The van der Waals surface area contributed by atoms with Gasteiger partial charge in [-0.15, -0.1) is 0 Å². The first-order chi connectivity index (χ1) is 21.1. The summed E-state index contributed by atoms with van der Waals surface area (Å²) in [6.45, 7) is 8.06. The molecule has 5 heterocycles. The molecule has 0 bridgehead atoms. The van der Waals surface area contributed by atoms with Crippen molar-refractivity contribution in [2.45, 2.75) is 74.5 Å². The zero-order chi connectivity index (χ0) is 28.9. The van der Waals surface area contributed by atoms with Gasteiger partial charge < -0.3 is 14.5 Å². The Balaban J connectivity index is 1.08. The number of ether oxygens (including phenoxy) is 1. The molecule has 6 atom stereocenters. The van der Waals surface area contributed by atoms with E-state index >= 15 is 0 Å². The molecule has 0 N–H and O–H groups in total.